The number of hydrogen-bond donors (Lipinski definition) is 2. The van der Waals surface area contributed by atoms with Crippen LogP contribution < -0.4 is 5.32 Å². The molecular weight excluding hydrogens is 260 g/mol. The SMILES string of the molecule is O=C(NC1(C(=O)O)CCOC1)c1cc2ccccn2c1. The van der Waals surface area contributed by atoms with E-state index in [0.29, 0.717) is 12.2 Å². The summed E-state index contributed by atoms with van der Waals surface area (Å²) in [6.45, 7) is 0.339. The van der Waals surface area contributed by atoms with Gasteiger partial charge >= 0.3 is 5.97 Å². The predicted molar refractivity (Wildman–Crippen MR) is 70.7 cm³/mol. The average molecular weight is 274 g/mol. The van der Waals surface area contributed by atoms with Gasteiger partial charge in [0.25, 0.3) is 5.91 Å². The molecule has 20 heavy (non-hydrogen) atoms. The molecule has 2 aromatic heterocycles. The second-order valence-electron chi connectivity index (χ2n) is 4.91. The predicted octanol–water partition coefficient (Wildman–Crippen LogP) is 0.913. The number of rotatable bonds is 3. The fourth-order valence-corrected chi connectivity index (χ4v) is 2.35. The molecule has 104 valence electrons. The number of fused-ring (bicyclic) bond motifs is 1. The number of carboxylic acid groups (broad SMARTS) is 1. The smallest absolute Gasteiger partial charge is 0.331 e. The van der Waals surface area contributed by atoms with Gasteiger partial charge < -0.3 is 19.6 Å². The van der Waals surface area contributed by atoms with Gasteiger partial charge in [-0.05, 0) is 18.2 Å². The molecule has 0 spiro atoms. The minimum Gasteiger partial charge on any atom is -0.479 e. The first-order valence-corrected chi connectivity index (χ1v) is 6.31. The molecule has 1 amide bonds. The Hall–Kier alpha value is -2.34. The highest BCUT2D eigenvalue weighted by molar-refractivity contribution is 5.99. The summed E-state index contributed by atoms with van der Waals surface area (Å²) in [6, 6.07) is 7.34. The molecular formula is C14H14N2O4. The maximum atomic E-state index is 12.2. The number of hydrogen-bond acceptors (Lipinski definition) is 3. The molecule has 2 aromatic rings. The van der Waals surface area contributed by atoms with Gasteiger partial charge in [0.2, 0.25) is 0 Å². The van der Waals surface area contributed by atoms with Gasteiger partial charge in [0.05, 0.1) is 12.2 Å². The molecule has 1 saturated heterocycles. The number of carbonyl (C=O) groups excluding carboxylic acids is 1. The molecule has 6 heteroatoms. The van der Waals surface area contributed by atoms with Gasteiger partial charge in [-0.3, -0.25) is 4.79 Å². The van der Waals surface area contributed by atoms with Crippen LogP contribution in [0.3, 0.4) is 0 Å². The van der Waals surface area contributed by atoms with Gasteiger partial charge in [-0.1, -0.05) is 6.07 Å². The molecule has 1 aliphatic rings. The molecule has 1 unspecified atom stereocenters. The molecule has 0 aromatic carbocycles. The molecule has 0 radical (unpaired) electrons. The van der Waals surface area contributed by atoms with Crippen molar-refractivity contribution in [2.75, 3.05) is 13.2 Å². The number of amides is 1. The Balaban J connectivity index is 1.87. The van der Waals surface area contributed by atoms with Crippen LogP contribution in [0.25, 0.3) is 5.52 Å². The van der Waals surface area contributed by atoms with Crippen LogP contribution in [0.1, 0.15) is 16.8 Å². The first kappa shape index (κ1) is 12.7. The Kier molecular flexibility index (Phi) is 2.94. The summed E-state index contributed by atoms with van der Waals surface area (Å²) in [5, 5.41) is 11.9. The van der Waals surface area contributed by atoms with E-state index in [4.69, 9.17) is 4.74 Å². The lowest BCUT2D eigenvalue weighted by Crippen LogP contribution is -2.55. The lowest BCUT2D eigenvalue weighted by molar-refractivity contribution is -0.144. The van der Waals surface area contributed by atoms with E-state index >= 15 is 0 Å². The van der Waals surface area contributed by atoms with Crippen molar-refractivity contribution in [2.45, 2.75) is 12.0 Å². The molecule has 3 heterocycles. The summed E-state index contributed by atoms with van der Waals surface area (Å²) < 4.78 is 6.93. The monoisotopic (exact) mass is 274 g/mol. The van der Waals surface area contributed by atoms with Crippen molar-refractivity contribution < 1.29 is 19.4 Å². The van der Waals surface area contributed by atoms with E-state index in [1.54, 1.807) is 12.3 Å². The molecule has 1 aliphatic heterocycles. The van der Waals surface area contributed by atoms with E-state index in [9.17, 15) is 14.7 Å². The third kappa shape index (κ3) is 2.04. The zero-order chi connectivity index (χ0) is 14.2. The molecule has 0 aliphatic carbocycles. The Morgan fingerprint density at radius 3 is 2.90 bits per heavy atom. The number of pyridine rings is 1. The normalized spacial score (nSPS) is 22.0. The molecule has 1 fully saturated rings. The highest BCUT2D eigenvalue weighted by atomic mass is 16.5. The summed E-state index contributed by atoms with van der Waals surface area (Å²) in [7, 11) is 0. The molecule has 0 bridgehead atoms. The Bertz CT molecular complexity index is 638. The van der Waals surface area contributed by atoms with Crippen LogP contribution >= 0.6 is 0 Å². The quantitative estimate of drug-likeness (QED) is 0.872. The highest BCUT2D eigenvalue weighted by Crippen LogP contribution is 2.20. The van der Waals surface area contributed by atoms with Crippen molar-refractivity contribution in [1.29, 1.82) is 0 Å². The minimum absolute atomic E-state index is 0.00143. The largest absolute Gasteiger partial charge is 0.479 e. The fraction of sp³-hybridized carbons (Fsp3) is 0.286. The Labute approximate surface area is 115 Å². The second-order valence-corrected chi connectivity index (χ2v) is 4.91. The minimum atomic E-state index is -1.31. The van der Waals surface area contributed by atoms with Crippen LogP contribution in [0.15, 0.2) is 36.7 Å². The number of carboxylic acids is 1. The van der Waals surface area contributed by atoms with E-state index in [2.05, 4.69) is 5.32 Å². The van der Waals surface area contributed by atoms with Crippen LogP contribution in [0.5, 0.6) is 0 Å². The summed E-state index contributed by atoms with van der Waals surface area (Å²) in [6.07, 6.45) is 3.79. The third-order valence-corrected chi connectivity index (χ3v) is 3.55. The van der Waals surface area contributed by atoms with Crippen molar-refractivity contribution >= 4 is 17.4 Å². The lowest BCUT2D eigenvalue weighted by Gasteiger charge is -2.23. The fourth-order valence-electron chi connectivity index (χ4n) is 2.35. The number of aromatic nitrogens is 1. The summed E-state index contributed by atoms with van der Waals surface area (Å²) in [5.74, 6) is -1.46. The zero-order valence-electron chi connectivity index (χ0n) is 10.7. The number of aliphatic carboxylic acids is 1. The van der Waals surface area contributed by atoms with E-state index in [1.165, 1.54) is 0 Å². The molecule has 6 nitrogen and oxygen atoms in total. The van der Waals surface area contributed by atoms with Gasteiger partial charge in [-0.2, -0.15) is 0 Å². The molecule has 3 rings (SSSR count). The maximum absolute atomic E-state index is 12.2. The van der Waals surface area contributed by atoms with Crippen molar-refractivity contribution in [3.05, 3.63) is 42.2 Å². The van der Waals surface area contributed by atoms with Gasteiger partial charge in [-0.25, -0.2) is 4.79 Å². The second kappa shape index (κ2) is 4.64. The van der Waals surface area contributed by atoms with Gasteiger partial charge in [0.1, 0.15) is 0 Å². The van der Waals surface area contributed by atoms with Gasteiger partial charge in [-0.15, -0.1) is 0 Å². The number of nitrogens with zero attached hydrogens (tertiary/aromatic N) is 1. The van der Waals surface area contributed by atoms with Crippen LogP contribution in [0.2, 0.25) is 0 Å². The van der Waals surface area contributed by atoms with Crippen molar-refractivity contribution in [2.24, 2.45) is 0 Å². The number of carbonyl (C=O) groups is 2. The van der Waals surface area contributed by atoms with E-state index < -0.39 is 17.4 Å². The first-order valence-electron chi connectivity index (χ1n) is 6.31. The number of ether oxygens (including phenoxy) is 1. The molecule has 1 atom stereocenters. The average Bonchev–Trinajstić information content (AvgIpc) is 3.05. The first-order chi connectivity index (χ1) is 9.61. The van der Waals surface area contributed by atoms with Gasteiger partial charge in [0.15, 0.2) is 5.54 Å². The third-order valence-electron chi connectivity index (χ3n) is 3.55. The van der Waals surface area contributed by atoms with Crippen molar-refractivity contribution in [3.8, 4) is 0 Å². The standard InChI is InChI=1S/C14H14N2O4/c17-12(15-14(13(18)19)4-6-20-9-14)10-7-11-3-1-2-5-16(11)8-10/h1-3,5,7-8H,4,6,9H2,(H,15,17)(H,18,19). The zero-order valence-corrected chi connectivity index (χ0v) is 10.7. The van der Waals surface area contributed by atoms with Crippen LogP contribution in [0.4, 0.5) is 0 Å². The van der Waals surface area contributed by atoms with Crippen molar-refractivity contribution in [1.82, 2.24) is 9.72 Å². The summed E-state index contributed by atoms with van der Waals surface area (Å²) in [4.78, 5) is 23.6. The molecule has 2 N–H and O–H groups in total. The summed E-state index contributed by atoms with van der Waals surface area (Å²) in [5.41, 5.74) is -0.000928. The van der Waals surface area contributed by atoms with Crippen molar-refractivity contribution in [3.63, 3.8) is 0 Å². The van der Waals surface area contributed by atoms with E-state index in [1.807, 2.05) is 28.8 Å². The van der Waals surface area contributed by atoms with Gasteiger partial charge in [0, 0.05) is 30.9 Å². The highest BCUT2D eigenvalue weighted by Gasteiger charge is 2.44. The Morgan fingerprint density at radius 2 is 2.25 bits per heavy atom. The molecule has 0 saturated carbocycles. The number of nitrogens with one attached hydrogen (secondary N) is 1. The topological polar surface area (TPSA) is 80.0 Å². The maximum Gasteiger partial charge on any atom is 0.331 e. The van der Waals surface area contributed by atoms with E-state index in [0.717, 1.165) is 5.52 Å². The van der Waals surface area contributed by atoms with Crippen LogP contribution in [0, 0.1) is 0 Å². The Morgan fingerprint density at radius 1 is 1.40 bits per heavy atom. The lowest BCUT2D eigenvalue weighted by atomic mass is 9.98. The van der Waals surface area contributed by atoms with Crippen LogP contribution in [-0.4, -0.2) is 40.1 Å². The van der Waals surface area contributed by atoms with E-state index in [-0.39, 0.29) is 13.0 Å². The van der Waals surface area contributed by atoms with Crippen LogP contribution in [-0.2, 0) is 9.53 Å². The summed E-state index contributed by atoms with van der Waals surface area (Å²) >= 11 is 0.